The number of aliphatic carboxylic acids is 1. The van der Waals surface area contributed by atoms with Crippen LogP contribution in [0.2, 0.25) is 0 Å². The fraction of sp³-hybridized carbons (Fsp3) is 0.500. The second-order valence-electron chi connectivity index (χ2n) is 7.29. The van der Waals surface area contributed by atoms with Gasteiger partial charge in [0.2, 0.25) is 11.8 Å². The summed E-state index contributed by atoms with van der Waals surface area (Å²) >= 11 is 0. The zero-order valence-electron chi connectivity index (χ0n) is 16.6. The Morgan fingerprint density at radius 2 is 1.77 bits per heavy atom. The molecule has 0 saturated carbocycles. The summed E-state index contributed by atoms with van der Waals surface area (Å²) in [7, 11) is 0. The first-order valence-corrected chi connectivity index (χ1v) is 9.65. The number of alkyl halides is 3. The molecule has 0 aromatic heterocycles. The van der Waals surface area contributed by atoms with E-state index < -0.39 is 18.2 Å². The average Bonchev–Trinajstić information content (AvgIpc) is 3.37. The quantitative estimate of drug-likeness (QED) is 0.735. The third-order valence-electron chi connectivity index (χ3n) is 5.11. The van der Waals surface area contributed by atoms with Gasteiger partial charge in [0.15, 0.2) is 0 Å². The molecule has 0 unspecified atom stereocenters. The number of benzene rings is 1. The Labute approximate surface area is 177 Å². The van der Waals surface area contributed by atoms with Gasteiger partial charge >= 0.3 is 12.1 Å². The number of rotatable bonds is 4. The van der Waals surface area contributed by atoms with Gasteiger partial charge in [-0.3, -0.25) is 9.59 Å². The zero-order valence-corrected chi connectivity index (χ0v) is 16.6. The number of halogens is 3. The van der Waals surface area contributed by atoms with Crippen LogP contribution in [0, 0.1) is 11.3 Å². The summed E-state index contributed by atoms with van der Waals surface area (Å²) in [6.07, 6.45) is -2.97. The Balaban J connectivity index is 0.000000423. The number of carbonyl (C=O) groups excluding carboxylic acids is 2. The average molecular weight is 440 g/mol. The molecule has 168 valence electrons. The molecular weight excluding hydrogens is 417 g/mol. The van der Waals surface area contributed by atoms with Gasteiger partial charge in [0.25, 0.3) is 0 Å². The lowest BCUT2D eigenvalue weighted by Crippen LogP contribution is -2.46. The molecule has 0 bridgehead atoms. The van der Waals surface area contributed by atoms with Crippen LogP contribution in [0.5, 0.6) is 0 Å². The first-order valence-electron chi connectivity index (χ1n) is 9.65. The smallest absolute Gasteiger partial charge is 0.475 e. The van der Waals surface area contributed by atoms with Crippen LogP contribution in [0.15, 0.2) is 24.3 Å². The van der Waals surface area contributed by atoms with Crippen molar-refractivity contribution in [1.29, 1.82) is 5.26 Å². The molecule has 1 aromatic carbocycles. The molecule has 2 amide bonds. The predicted octanol–water partition coefficient (Wildman–Crippen LogP) is 1.78. The third kappa shape index (κ3) is 6.42. The van der Waals surface area contributed by atoms with Gasteiger partial charge < -0.3 is 20.6 Å². The van der Waals surface area contributed by atoms with E-state index in [-0.39, 0.29) is 24.3 Å². The van der Waals surface area contributed by atoms with Crippen molar-refractivity contribution in [3.8, 4) is 6.07 Å². The van der Waals surface area contributed by atoms with Crippen LogP contribution in [0.3, 0.4) is 0 Å². The van der Waals surface area contributed by atoms with Crippen LogP contribution >= 0.6 is 0 Å². The molecule has 8 nitrogen and oxygen atoms in total. The number of hydrogen-bond donors (Lipinski definition) is 2. The molecule has 2 aliphatic rings. The van der Waals surface area contributed by atoms with E-state index in [1.807, 2.05) is 24.3 Å². The van der Waals surface area contributed by atoms with E-state index in [0.29, 0.717) is 32.5 Å². The molecule has 0 spiro atoms. The molecule has 2 atom stereocenters. The van der Waals surface area contributed by atoms with Gasteiger partial charge in [0, 0.05) is 26.1 Å². The van der Waals surface area contributed by atoms with Gasteiger partial charge in [-0.2, -0.15) is 18.4 Å². The van der Waals surface area contributed by atoms with Crippen molar-refractivity contribution in [2.45, 2.75) is 57.0 Å². The largest absolute Gasteiger partial charge is 0.490 e. The minimum absolute atomic E-state index is 0.0210. The Morgan fingerprint density at radius 1 is 1.23 bits per heavy atom. The number of amides is 2. The lowest BCUT2D eigenvalue weighted by molar-refractivity contribution is -0.192. The van der Waals surface area contributed by atoms with Crippen molar-refractivity contribution < 1.29 is 32.7 Å². The van der Waals surface area contributed by atoms with Crippen molar-refractivity contribution in [2.75, 3.05) is 6.54 Å². The molecule has 3 rings (SSSR count). The van der Waals surface area contributed by atoms with Gasteiger partial charge in [-0.25, -0.2) is 4.79 Å². The summed E-state index contributed by atoms with van der Waals surface area (Å²) < 4.78 is 31.7. The molecule has 2 heterocycles. The molecule has 0 radical (unpaired) electrons. The molecule has 0 aliphatic carbocycles. The Hall–Kier alpha value is -3.13. The Bertz CT molecular complexity index is 844. The summed E-state index contributed by atoms with van der Waals surface area (Å²) in [5.41, 5.74) is 8.34. The Kier molecular flexibility index (Phi) is 7.99. The molecule has 1 saturated heterocycles. The molecular formula is C20H23F3N4O4. The normalized spacial score (nSPS) is 18.5. The van der Waals surface area contributed by atoms with Crippen LogP contribution in [0.25, 0.3) is 0 Å². The highest BCUT2D eigenvalue weighted by Gasteiger charge is 2.38. The number of carboxylic acid groups (broad SMARTS) is 1. The highest BCUT2D eigenvalue weighted by Crippen LogP contribution is 2.23. The van der Waals surface area contributed by atoms with E-state index >= 15 is 0 Å². The maximum Gasteiger partial charge on any atom is 0.490 e. The minimum atomic E-state index is -5.08. The van der Waals surface area contributed by atoms with E-state index in [9.17, 15) is 22.8 Å². The van der Waals surface area contributed by atoms with Crippen LogP contribution in [0.4, 0.5) is 13.2 Å². The minimum Gasteiger partial charge on any atom is -0.475 e. The predicted molar refractivity (Wildman–Crippen MR) is 102 cm³/mol. The fourth-order valence-electron chi connectivity index (χ4n) is 3.45. The van der Waals surface area contributed by atoms with E-state index in [4.69, 9.17) is 20.9 Å². The number of carboxylic acids is 1. The lowest BCUT2D eigenvalue weighted by atomic mass is 10.1. The second kappa shape index (κ2) is 10.3. The van der Waals surface area contributed by atoms with Crippen molar-refractivity contribution >= 4 is 17.8 Å². The van der Waals surface area contributed by atoms with Gasteiger partial charge in [0.1, 0.15) is 6.04 Å². The first kappa shape index (κ1) is 24.1. The lowest BCUT2D eigenvalue weighted by Gasteiger charge is -2.23. The van der Waals surface area contributed by atoms with Crippen LogP contribution < -0.4 is 5.73 Å². The summed E-state index contributed by atoms with van der Waals surface area (Å²) in [6.45, 7) is 1.84. The van der Waals surface area contributed by atoms with Crippen LogP contribution in [0.1, 0.15) is 36.8 Å². The van der Waals surface area contributed by atoms with Gasteiger partial charge in [-0.1, -0.05) is 24.3 Å². The SMILES string of the molecule is N#C[C@H]1CCCN1C(=O)[C@@H](N)CCC(=O)N1Cc2ccccc2C1.O=C(O)C(F)(F)F. The van der Waals surface area contributed by atoms with E-state index in [2.05, 4.69) is 6.07 Å². The van der Waals surface area contributed by atoms with Gasteiger partial charge in [-0.05, 0) is 30.4 Å². The highest BCUT2D eigenvalue weighted by molar-refractivity contribution is 5.84. The number of likely N-dealkylation sites (tertiary alicyclic amines) is 1. The summed E-state index contributed by atoms with van der Waals surface area (Å²) in [6, 6.07) is 9.08. The van der Waals surface area contributed by atoms with E-state index in [0.717, 1.165) is 6.42 Å². The van der Waals surface area contributed by atoms with Crippen LogP contribution in [-0.4, -0.2) is 57.5 Å². The molecule has 31 heavy (non-hydrogen) atoms. The van der Waals surface area contributed by atoms with Crippen molar-refractivity contribution in [3.05, 3.63) is 35.4 Å². The van der Waals surface area contributed by atoms with E-state index in [1.54, 1.807) is 9.80 Å². The topological polar surface area (TPSA) is 128 Å². The second-order valence-corrected chi connectivity index (χ2v) is 7.29. The molecule has 2 aliphatic heterocycles. The van der Waals surface area contributed by atoms with Crippen molar-refractivity contribution in [1.82, 2.24) is 9.80 Å². The Morgan fingerprint density at radius 3 is 2.26 bits per heavy atom. The number of nitriles is 1. The number of carbonyl (C=O) groups is 3. The van der Waals surface area contributed by atoms with Crippen LogP contribution in [-0.2, 0) is 27.5 Å². The number of hydrogen-bond acceptors (Lipinski definition) is 5. The van der Waals surface area contributed by atoms with Gasteiger partial charge in [0.05, 0.1) is 12.1 Å². The molecule has 1 fully saturated rings. The molecule has 1 aromatic rings. The van der Waals surface area contributed by atoms with Crippen molar-refractivity contribution in [3.63, 3.8) is 0 Å². The maximum absolute atomic E-state index is 12.4. The maximum atomic E-state index is 12.4. The fourth-order valence-corrected chi connectivity index (χ4v) is 3.45. The zero-order chi connectivity index (χ0) is 23.2. The standard InChI is InChI=1S/C18H22N4O2.C2HF3O2/c19-10-15-6-3-9-22(15)18(24)16(20)7-8-17(23)21-11-13-4-1-2-5-14(13)12-21;3-2(4,5)1(6)7/h1-2,4-5,15-16H,3,6-9,11-12,20H2;(H,6,7)/t15-,16+;/m1./s1. The first-order chi connectivity index (χ1) is 14.5. The van der Waals surface area contributed by atoms with Crippen molar-refractivity contribution in [2.24, 2.45) is 5.73 Å². The van der Waals surface area contributed by atoms with Gasteiger partial charge in [-0.15, -0.1) is 0 Å². The monoisotopic (exact) mass is 440 g/mol. The number of fused-ring (bicyclic) bond motifs is 1. The molecule has 3 N–H and O–H groups in total. The summed E-state index contributed by atoms with van der Waals surface area (Å²) in [5.74, 6) is -2.95. The third-order valence-corrected chi connectivity index (χ3v) is 5.11. The molecule has 11 heteroatoms. The summed E-state index contributed by atoms with van der Waals surface area (Å²) in [4.78, 5) is 37.0. The highest BCUT2D eigenvalue weighted by atomic mass is 19.4. The van der Waals surface area contributed by atoms with E-state index in [1.165, 1.54) is 11.1 Å². The number of nitrogens with two attached hydrogens (primary N) is 1. The number of nitrogens with zero attached hydrogens (tertiary/aromatic N) is 3. The summed E-state index contributed by atoms with van der Waals surface area (Å²) in [5, 5.41) is 16.2.